The van der Waals surface area contributed by atoms with Crippen molar-refractivity contribution in [2.24, 2.45) is 0 Å². The molecule has 1 atom stereocenters. The van der Waals surface area contributed by atoms with Crippen LogP contribution in [-0.2, 0) is 16.1 Å². The van der Waals surface area contributed by atoms with Crippen molar-refractivity contribution < 1.29 is 23.9 Å². The summed E-state index contributed by atoms with van der Waals surface area (Å²) in [6, 6.07) is 3.99. The van der Waals surface area contributed by atoms with E-state index in [1.165, 1.54) is 25.6 Å². The van der Waals surface area contributed by atoms with Gasteiger partial charge in [0.2, 0.25) is 5.91 Å². The SMILES string of the molecule is COc1ccc(CN2C(=O)NC(CCC(=O)Nc3nc(C)c(C)s3)C2=O)cc1OC. The molecular formula is C20H24N4O5S. The summed E-state index contributed by atoms with van der Waals surface area (Å²) in [6.45, 7) is 3.91. The number of aryl methyl sites for hydroxylation is 2. The number of ether oxygens (including phenoxy) is 2. The Morgan fingerprint density at radius 1 is 1.23 bits per heavy atom. The summed E-state index contributed by atoms with van der Waals surface area (Å²) < 4.78 is 10.5. The molecule has 0 aliphatic carbocycles. The summed E-state index contributed by atoms with van der Waals surface area (Å²) in [5.41, 5.74) is 1.60. The first-order valence-corrected chi connectivity index (χ1v) is 10.2. The van der Waals surface area contributed by atoms with Crippen molar-refractivity contribution in [3.63, 3.8) is 0 Å². The number of rotatable bonds is 8. The highest BCUT2D eigenvalue weighted by molar-refractivity contribution is 7.15. The highest BCUT2D eigenvalue weighted by Gasteiger charge is 2.37. The minimum absolute atomic E-state index is 0.0958. The highest BCUT2D eigenvalue weighted by Crippen LogP contribution is 2.28. The predicted octanol–water partition coefficient (Wildman–Crippen LogP) is 2.62. The van der Waals surface area contributed by atoms with E-state index in [2.05, 4.69) is 15.6 Å². The maximum absolute atomic E-state index is 12.7. The minimum Gasteiger partial charge on any atom is -0.493 e. The number of benzene rings is 1. The predicted molar refractivity (Wildman–Crippen MR) is 112 cm³/mol. The van der Waals surface area contributed by atoms with Crippen LogP contribution in [0.15, 0.2) is 18.2 Å². The number of anilines is 1. The molecule has 4 amide bonds. The van der Waals surface area contributed by atoms with Crippen molar-refractivity contribution in [3.8, 4) is 11.5 Å². The Morgan fingerprint density at radius 3 is 2.60 bits per heavy atom. The third-order valence-corrected chi connectivity index (χ3v) is 5.82. The zero-order valence-electron chi connectivity index (χ0n) is 17.3. The van der Waals surface area contributed by atoms with Crippen LogP contribution in [0.3, 0.4) is 0 Å². The number of hydrogen-bond acceptors (Lipinski definition) is 7. The van der Waals surface area contributed by atoms with Gasteiger partial charge in [-0.05, 0) is 38.0 Å². The number of imide groups is 1. The minimum atomic E-state index is -0.733. The molecule has 1 aliphatic rings. The van der Waals surface area contributed by atoms with Crippen molar-refractivity contribution in [2.45, 2.75) is 39.3 Å². The van der Waals surface area contributed by atoms with Crippen LogP contribution in [0.1, 0.15) is 29.0 Å². The molecule has 0 saturated carbocycles. The van der Waals surface area contributed by atoms with Gasteiger partial charge in [0.1, 0.15) is 6.04 Å². The van der Waals surface area contributed by atoms with Crippen molar-refractivity contribution >= 4 is 34.3 Å². The van der Waals surface area contributed by atoms with Gasteiger partial charge in [-0.2, -0.15) is 0 Å². The van der Waals surface area contributed by atoms with Gasteiger partial charge in [0.25, 0.3) is 5.91 Å². The summed E-state index contributed by atoms with van der Waals surface area (Å²) in [7, 11) is 3.05. The van der Waals surface area contributed by atoms with Crippen LogP contribution in [0, 0.1) is 13.8 Å². The average Bonchev–Trinajstić information content (AvgIpc) is 3.18. The molecule has 1 aliphatic heterocycles. The molecule has 0 spiro atoms. The van der Waals surface area contributed by atoms with E-state index in [9.17, 15) is 14.4 Å². The van der Waals surface area contributed by atoms with Crippen LogP contribution < -0.4 is 20.1 Å². The van der Waals surface area contributed by atoms with Gasteiger partial charge in [0, 0.05) is 11.3 Å². The second-order valence-electron chi connectivity index (χ2n) is 6.86. The van der Waals surface area contributed by atoms with E-state index in [0.29, 0.717) is 16.6 Å². The van der Waals surface area contributed by atoms with Crippen LogP contribution in [-0.4, -0.2) is 48.0 Å². The molecule has 10 heteroatoms. The normalized spacial score (nSPS) is 15.9. The molecule has 1 saturated heterocycles. The van der Waals surface area contributed by atoms with Gasteiger partial charge in [-0.15, -0.1) is 11.3 Å². The molecule has 30 heavy (non-hydrogen) atoms. The zero-order chi connectivity index (χ0) is 21.8. The van der Waals surface area contributed by atoms with Gasteiger partial charge in [0.05, 0.1) is 26.5 Å². The molecule has 1 aromatic carbocycles. The summed E-state index contributed by atoms with van der Waals surface area (Å²) in [5.74, 6) is 0.476. The fourth-order valence-corrected chi connectivity index (χ4v) is 3.90. The number of aromatic nitrogens is 1. The first-order valence-electron chi connectivity index (χ1n) is 9.39. The zero-order valence-corrected chi connectivity index (χ0v) is 18.1. The van der Waals surface area contributed by atoms with Gasteiger partial charge in [-0.3, -0.25) is 14.5 Å². The maximum atomic E-state index is 12.7. The summed E-state index contributed by atoms with van der Waals surface area (Å²) in [5, 5.41) is 5.91. The lowest BCUT2D eigenvalue weighted by atomic mass is 10.1. The Kier molecular flexibility index (Phi) is 6.56. The number of amides is 4. The third-order valence-electron chi connectivity index (χ3n) is 4.83. The van der Waals surface area contributed by atoms with E-state index < -0.39 is 12.1 Å². The van der Waals surface area contributed by atoms with Gasteiger partial charge >= 0.3 is 6.03 Å². The quantitative estimate of drug-likeness (QED) is 0.621. The number of hydrogen-bond donors (Lipinski definition) is 2. The summed E-state index contributed by atoms with van der Waals surface area (Å²) >= 11 is 1.40. The van der Waals surface area contributed by atoms with Gasteiger partial charge < -0.3 is 20.1 Å². The number of carbonyl (C=O) groups excluding carboxylic acids is 3. The van der Waals surface area contributed by atoms with E-state index in [1.807, 2.05) is 13.8 Å². The largest absolute Gasteiger partial charge is 0.493 e. The number of thiazole rings is 1. The lowest BCUT2D eigenvalue weighted by molar-refractivity contribution is -0.128. The topological polar surface area (TPSA) is 110 Å². The molecule has 9 nitrogen and oxygen atoms in total. The van der Waals surface area contributed by atoms with E-state index >= 15 is 0 Å². The Labute approximate surface area is 178 Å². The van der Waals surface area contributed by atoms with Crippen LogP contribution in [0.25, 0.3) is 0 Å². The number of nitrogens with one attached hydrogen (secondary N) is 2. The molecule has 1 aromatic heterocycles. The van der Waals surface area contributed by atoms with Crippen molar-refractivity contribution in [1.82, 2.24) is 15.2 Å². The maximum Gasteiger partial charge on any atom is 0.325 e. The first-order chi connectivity index (χ1) is 14.3. The molecular weight excluding hydrogens is 408 g/mol. The number of nitrogens with zero attached hydrogens (tertiary/aromatic N) is 2. The summed E-state index contributed by atoms with van der Waals surface area (Å²) in [6.07, 6.45) is 0.306. The van der Waals surface area contributed by atoms with Crippen molar-refractivity contribution in [2.75, 3.05) is 19.5 Å². The van der Waals surface area contributed by atoms with Gasteiger partial charge in [-0.25, -0.2) is 9.78 Å². The smallest absolute Gasteiger partial charge is 0.325 e. The molecule has 1 fully saturated rings. The van der Waals surface area contributed by atoms with Crippen LogP contribution in [0.5, 0.6) is 11.5 Å². The standard InChI is InChI=1S/C20H24N4O5S/c1-11-12(2)30-19(21-11)23-17(25)8-6-14-18(26)24(20(27)22-14)10-13-5-7-15(28-3)16(9-13)29-4/h5,7,9,14H,6,8,10H2,1-4H3,(H,22,27)(H,21,23,25). The second-order valence-corrected chi connectivity index (χ2v) is 8.07. The number of urea groups is 1. The van der Waals surface area contributed by atoms with E-state index in [1.54, 1.807) is 18.2 Å². The molecule has 160 valence electrons. The molecule has 0 bridgehead atoms. The Hall–Kier alpha value is -3.14. The Balaban J connectivity index is 1.57. The molecule has 2 aromatic rings. The Morgan fingerprint density at radius 2 is 1.97 bits per heavy atom. The lowest BCUT2D eigenvalue weighted by Gasteiger charge is -2.15. The average molecular weight is 433 g/mol. The van der Waals surface area contributed by atoms with Crippen LogP contribution >= 0.6 is 11.3 Å². The molecule has 1 unspecified atom stereocenters. The van der Waals surface area contributed by atoms with E-state index in [4.69, 9.17) is 9.47 Å². The van der Waals surface area contributed by atoms with E-state index in [-0.39, 0.29) is 31.2 Å². The third kappa shape index (κ3) is 4.70. The first kappa shape index (κ1) is 21.6. The van der Waals surface area contributed by atoms with Crippen molar-refractivity contribution in [3.05, 3.63) is 34.3 Å². The van der Waals surface area contributed by atoms with Gasteiger partial charge in [-0.1, -0.05) is 6.07 Å². The highest BCUT2D eigenvalue weighted by atomic mass is 32.1. The fraction of sp³-hybridized carbons (Fsp3) is 0.400. The monoisotopic (exact) mass is 432 g/mol. The van der Waals surface area contributed by atoms with Gasteiger partial charge in [0.15, 0.2) is 16.6 Å². The van der Waals surface area contributed by atoms with Crippen LogP contribution in [0.2, 0.25) is 0 Å². The molecule has 3 rings (SSSR count). The number of methoxy groups -OCH3 is 2. The fourth-order valence-electron chi connectivity index (χ4n) is 3.07. The van der Waals surface area contributed by atoms with E-state index in [0.717, 1.165) is 21.0 Å². The molecule has 2 N–H and O–H groups in total. The lowest BCUT2D eigenvalue weighted by Crippen LogP contribution is -2.31. The van der Waals surface area contributed by atoms with Crippen molar-refractivity contribution in [1.29, 1.82) is 0 Å². The van der Waals surface area contributed by atoms with Crippen LogP contribution in [0.4, 0.5) is 9.93 Å². The second kappa shape index (κ2) is 9.12. The Bertz CT molecular complexity index is 955. The number of carbonyl (C=O) groups is 3. The molecule has 2 heterocycles. The molecule has 0 radical (unpaired) electrons. The summed E-state index contributed by atoms with van der Waals surface area (Å²) in [4.78, 5) is 43.6.